The fourth-order valence-corrected chi connectivity index (χ4v) is 24.7. The fraction of sp³-hybridized carbons (Fsp3) is 1.00. The van der Waals surface area contributed by atoms with Crippen molar-refractivity contribution in [1.29, 1.82) is 0 Å². The second-order valence-electron chi connectivity index (χ2n) is 6.67. The van der Waals surface area contributed by atoms with Crippen LogP contribution in [0.25, 0.3) is 0 Å². The van der Waals surface area contributed by atoms with Gasteiger partial charge in [-0.3, -0.25) is 0 Å². The Morgan fingerprint density at radius 3 is 1.61 bits per heavy atom. The van der Waals surface area contributed by atoms with Crippen LogP contribution in [0.5, 0.6) is 0 Å². The van der Waals surface area contributed by atoms with E-state index in [9.17, 15) is 0 Å². The third kappa shape index (κ3) is 2.60. The van der Waals surface area contributed by atoms with Gasteiger partial charge in [0.25, 0.3) is 0 Å². The van der Waals surface area contributed by atoms with Gasteiger partial charge in [-0.15, -0.1) is 0 Å². The molecular weight excluding hydrogens is 390 g/mol. The van der Waals surface area contributed by atoms with E-state index in [2.05, 4.69) is 18.4 Å². The molecule has 0 aromatic rings. The normalized spacial score (nSPS) is 52.0. The minimum atomic E-state index is 0.920. The molecule has 3 aliphatic carbocycles. The van der Waals surface area contributed by atoms with Gasteiger partial charge in [-0.05, 0) is 0 Å². The van der Waals surface area contributed by atoms with Crippen molar-refractivity contribution in [3.05, 3.63) is 0 Å². The van der Waals surface area contributed by atoms with Gasteiger partial charge in [-0.2, -0.15) is 0 Å². The molecule has 3 saturated carbocycles. The third-order valence-electron chi connectivity index (χ3n) is 5.78. The number of fused-ring (bicyclic) bond motifs is 3. The molecular formula is C14H22S2Se2. The molecule has 102 valence electrons. The first-order chi connectivity index (χ1) is 8.90. The molecule has 1 heterocycles. The molecule has 4 heteroatoms. The molecule has 0 aromatic carbocycles. The van der Waals surface area contributed by atoms with E-state index in [1.165, 1.54) is 9.63 Å². The molecule has 0 N–H and O–H groups in total. The molecule has 0 bridgehead atoms. The first-order valence-corrected chi connectivity index (χ1v) is 15.7. The van der Waals surface area contributed by atoms with E-state index in [0.717, 1.165) is 51.3 Å². The molecule has 1 saturated heterocycles. The molecule has 0 radical (unpaired) electrons. The van der Waals surface area contributed by atoms with Crippen molar-refractivity contribution in [3.63, 3.8) is 0 Å². The topological polar surface area (TPSA) is 0 Å². The van der Waals surface area contributed by atoms with Crippen LogP contribution in [0, 0.1) is 23.7 Å². The average Bonchev–Trinajstić information content (AvgIpc) is 2.42. The second kappa shape index (κ2) is 5.85. The Hall–Kier alpha value is 1.74. The first-order valence-electron chi connectivity index (χ1n) is 7.55. The molecule has 6 atom stereocenters. The number of hydrogen-bond acceptors (Lipinski definition) is 2. The predicted octanol–water partition coefficient (Wildman–Crippen LogP) is 4.82. The van der Waals surface area contributed by atoms with E-state index < -0.39 is 0 Å². The van der Waals surface area contributed by atoms with E-state index in [4.69, 9.17) is 0 Å². The predicted molar refractivity (Wildman–Crippen MR) is 85.1 cm³/mol. The molecule has 0 aromatic heterocycles. The number of hydrogen-bond donors (Lipinski definition) is 0. The van der Waals surface area contributed by atoms with E-state index in [-0.39, 0.29) is 0 Å². The fourth-order valence-electron chi connectivity index (χ4n) is 4.88. The van der Waals surface area contributed by atoms with Crippen LogP contribution >= 0.6 is 18.4 Å². The van der Waals surface area contributed by atoms with Crippen LogP contribution in [-0.2, 0) is 0 Å². The van der Waals surface area contributed by atoms with E-state index in [1.807, 2.05) is 0 Å². The first kappa shape index (κ1) is 13.4. The van der Waals surface area contributed by atoms with Crippen LogP contribution in [0.1, 0.15) is 51.4 Å². The van der Waals surface area contributed by atoms with Gasteiger partial charge in [-0.25, -0.2) is 0 Å². The van der Waals surface area contributed by atoms with Crippen LogP contribution in [0.15, 0.2) is 0 Å². The van der Waals surface area contributed by atoms with Crippen LogP contribution in [0.2, 0.25) is 9.63 Å². The zero-order valence-electron chi connectivity index (χ0n) is 10.8. The Kier molecular flexibility index (Phi) is 4.36. The maximum atomic E-state index is 2.25. The molecule has 4 aliphatic rings. The Balaban J connectivity index is 1.46. The average molecular weight is 412 g/mol. The van der Waals surface area contributed by atoms with E-state index >= 15 is 0 Å². The van der Waals surface area contributed by atoms with Crippen molar-refractivity contribution in [2.75, 3.05) is 0 Å². The van der Waals surface area contributed by atoms with Crippen molar-refractivity contribution in [3.8, 4) is 0 Å². The molecule has 18 heavy (non-hydrogen) atoms. The van der Waals surface area contributed by atoms with Gasteiger partial charge in [0.2, 0.25) is 0 Å². The molecule has 0 amide bonds. The molecule has 0 nitrogen and oxygen atoms in total. The summed E-state index contributed by atoms with van der Waals surface area (Å²) in [6.45, 7) is 0. The van der Waals surface area contributed by atoms with Crippen molar-refractivity contribution in [2.45, 2.75) is 61.0 Å². The molecule has 4 fully saturated rings. The summed E-state index contributed by atoms with van der Waals surface area (Å²) in [6, 6.07) is 0. The standard InChI is InChI=1S/C14H22S2Se2/c1-2-4-10-6-12-8-14-13(17-15-16-18-14)7-11(12)5-9(10)3-1/h9-14H,1-8H2. The van der Waals surface area contributed by atoms with E-state index in [0.29, 0.717) is 0 Å². The Morgan fingerprint density at radius 1 is 0.611 bits per heavy atom. The summed E-state index contributed by atoms with van der Waals surface area (Å²) in [4.78, 5) is 2.37. The van der Waals surface area contributed by atoms with Gasteiger partial charge >= 0.3 is 131 Å². The summed E-state index contributed by atoms with van der Waals surface area (Å²) >= 11 is 1.84. The summed E-state index contributed by atoms with van der Waals surface area (Å²) < 4.78 is 0. The third-order valence-corrected chi connectivity index (χ3v) is 22.8. The summed E-state index contributed by atoms with van der Waals surface area (Å²) in [5.41, 5.74) is 0. The summed E-state index contributed by atoms with van der Waals surface area (Å²) in [7, 11) is 4.50. The van der Waals surface area contributed by atoms with Crippen molar-refractivity contribution in [2.24, 2.45) is 23.7 Å². The van der Waals surface area contributed by atoms with Crippen LogP contribution in [0.4, 0.5) is 0 Å². The quantitative estimate of drug-likeness (QED) is 0.413. The summed E-state index contributed by atoms with van der Waals surface area (Å²) in [6.07, 6.45) is 12.8. The Labute approximate surface area is 130 Å². The molecule has 0 spiro atoms. The monoisotopic (exact) mass is 414 g/mol. The van der Waals surface area contributed by atoms with Gasteiger partial charge in [0.05, 0.1) is 0 Å². The van der Waals surface area contributed by atoms with Gasteiger partial charge in [0, 0.05) is 0 Å². The Bertz CT molecular complexity index is 254. The SMILES string of the molecule is C1CCC2CC3CC4[Se]SS[Se]C4CC3CC2C1. The zero-order chi connectivity index (χ0) is 11.9. The maximum absolute atomic E-state index is 2.25. The van der Waals surface area contributed by atoms with Crippen LogP contribution in [0.3, 0.4) is 0 Å². The molecule has 4 rings (SSSR count). The van der Waals surface area contributed by atoms with Gasteiger partial charge in [-0.1, -0.05) is 0 Å². The van der Waals surface area contributed by atoms with Crippen molar-refractivity contribution >= 4 is 46.1 Å². The second-order valence-corrected chi connectivity index (χ2v) is 18.2. The van der Waals surface area contributed by atoms with Gasteiger partial charge in [0.15, 0.2) is 0 Å². The summed E-state index contributed by atoms with van der Waals surface area (Å²) in [5.74, 6) is 4.62. The molecule has 6 unspecified atom stereocenters. The zero-order valence-corrected chi connectivity index (χ0v) is 15.8. The van der Waals surface area contributed by atoms with Crippen LogP contribution in [-0.4, -0.2) is 27.7 Å². The van der Waals surface area contributed by atoms with Gasteiger partial charge in [0.1, 0.15) is 0 Å². The number of rotatable bonds is 0. The minimum absolute atomic E-state index is 0.920. The Morgan fingerprint density at radius 2 is 1.11 bits per heavy atom. The van der Waals surface area contributed by atoms with Crippen LogP contribution < -0.4 is 0 Å². The summed E-state index contributed by atoms with van der Waals surface area (Å²) in [5, 5.41) is 0. The van der Waals surface area contributed by atoms with E-state index in [1.54, 1.807) is 51.4 Å². The van der Waals surface area contributed by atoms with Gasteiger partial charge < -0.3 is 0 Å². The molecule has 1 aliphatic heterocycles. The van der Waals surface area contributed by atoms with Crippen molar-refractivity contribution in [1.82, 2.24) is 0 Å². The van der Waals surface area contributed by atoms with Crippen molar-refractivity contribution < 1.29 is 0 Å².